The summed E-state index contributed by atoms with van der Waals surface area (Å²) in [6, 6.07) is 83.4. The van der Waals surface area contributed by atoms with Crippen LogP contribution in [0.3, 0.4) is 0 Å². The van der Waals surface area contributed by atoms with Crippen LogP contribution in [-0.4, -0.2) is 0 Å². The fourth-order valence-corrected chi connectivity index (χ4v) is 8.88. The van der Waals surface area contributed by atoms with Crippen LogP contribution in [0.15, 0.2) is 231 Å². The zero-order chi connectivity index (χ0) is 39.8. The Morgan fingerprint density at radius 2 is 0.627 bits per heavy atom. The molecule has 0 radical (unpaired) electrons. The molecule has 0 heterocycles. The quantitative estimate of drug-likeness (QED) is 0.145. The largest absolute Gasteiger partial charge is 0.311 e. The first-order chi connectivity index (χ1) is 29.0. The Bertz CT molecular complexity index is 2860. The number of rotatable bonds is 9. The highest BCUT2D eigenvalue weighted by Crippen LogP contribution is 2.51. The maximum Gasteiger partial charge on any atom is 0.0468 e. The lowest BCUT2D eigenvalue weighted by Gasteiger charge is -2.29. The monoisotopic (exact) mass is 756 g/mol. The lowest BCUT2D eigenvalue weighted by atomic mass is 9.82. The number of anilines is 6. The minimum absolute atomic E-state index is 0.1000. The number of nitrogens with zero attached hydrogens (tertiary/aromatic N) is 2. The molecule has 9 aromatic carbocycles. The predicted octanol–water partition coefficient (Wildman–Crippen LogP) is 15.9. The molecule has 2 heteroatoms. The molecule has 0 aliphatic heterocycles. The Morgan fingerprint density at radius 1 is 0.254 bits per heavy atom. The van der Waals surface area contributed by atoms with Crippen molar-refractivity contribution in [1.29, 1.82) is 0 Å². The standard InChI is InChI=1S/C57H44N2/c1-57(2)55-26-16-15-25-52(55)53-38-36-50(40-56(53)57)59(46-23-13-6-14-24-46)49-35-37-51(54(39-49)43-19-9-4-10-20-43)44-29-33-48(34-30-44)58(45-21-11-5-12-22-45)47-31-27-42(28-32-47)41-17-7-3-8-18-41/h3-40H,1-2H3. The molecule has 0 amide bonds. The molecule has 2 nitrogen and oxygen atoms in total. The Kier molecular flexibility index (Phi) is 9.24. The van der Waals surface area contributed by atoms with Crippen LogP contribution in [0, 0.1) is 0 Å². The van der Waals surface area contributed by atoms with E-state index in [1.807, 2.05) is 0 Å². The van der Waals surface area contributed by atoms with Crippen molar-refractivity contribution in [2.75, 3.05) is 9.80 Å². The van der Waals surface area contributed by atoms with Gasteiger partial charge in [-0.15, -0.1) is 0 Å². The van der Waals surface area contributed by atoms with Crippen LogP contribution < -0.4 is 9.80 Å². The molecule has 59 heavy (non-hydrogen) atoms. The molecular formula is C57H44N2. The van der Waals surface area contributed by atoms with E-state index in [0.29, 0.717) is 0 Å². The molecule has 0 saturated heterocycles. The highest BCUT2D eigenvalue weighted by molar-refractivity contribution is 5.91. The van der Waals surface area contributed by atoms with Gasteiger partial charge in [0, 0.05) is 39.5 Å². The normalized spacial score (nSPS) is 12.4. The van der Waals surface area contributed by atoms with Crippen molar-refractivity contribution in [1.82, 2.24) is 0 Å². The van der Waals surface area contributed by atoms with Crippen molar-refractivity contribution in [3.05, 3.63) is 242 Å². The number of hydrogen-bond acceptors (Lipinski definition) is 2. The topological polar surface area (TPSA) is 6.48 Å². The van der Waals surface area contributed by atoms with Crippen molar-refractivity contribution in [2.45, 2.75) is 19.3 Å². The molecule has 9 aromatic rings. The highest BCUT2D eigenvalue weighted by atomic mass is 15.1. The highest BCUT2D eigenvalue weighted by Gasteiger charge is 2.35. The average Bonchev–Trinajstić information content (AvgIpc) is 3.53. The molecule has 0 bridgehead atoms. The second-order valence-electron chi connectivity index (χ2n) is 15.8. The van der Waals surface area contributed by atoms with E-state index in [1.54, 1.807) is 0 Å². The summed E-state index contributed by atoms with van der Waals surface area (Å²) in [6.45, 7) is 4.70. The molecule has 282 valence electrons. The summed E-state index contributed by atoms with van der Waals surface area (Å²) in [4.78, 5) is 4.73. The van der Waals surface area contributed by atoms with Crippen LogP contribution in [0.4, 0.5) is 34.1 Å². The number of fused-ring (bicyclic) bond motifs is 3. The van der Waals surface area contributed by atoms with Crippen molar-refractivity contribution >= 4 is 34.1 Å². The average molecular weight is 757 g/mol. The third kappa shape index (κ3) is 6.69. The maximum atomic E-state index is 2.41. The zero-order valence-electron chi connectivity index (χ0n) is 33.3. The Labute approximate surface area is 347 Å². The van der Waals surface area contributed by atoms with E-state index in [0.717, 1.165) is 39.7 Å². The second-order valence-corrected chi connectivity index (χ2v) is 15.8. The van der Waals surface area contributed by atoms with Crippen LogP contribution in [-0.2, 0) is 5.41 Å². The van der Waals surface area contributed by atoms with Crippen LogP contribution >= 0.6 is 0 Å². The second kappa shape index (κ2) is 15.2. The Hall–Kier alpha value is -7.42. The maximum absolute atomic E-state index is 2.41. The van der Waals surface area contributed by atoms with Crippen molar-refractivity contribution in [3.63, 3.8) is 0 Å². The van der Waals surface area contributed by atoms with Gasteiger partial charge in [0.1, 0.15) is 0 Å². The van der Waals surface area contributed by atoms with Crippen molar-refractivity contribution < 1.29 is 0 Å². The fourth-order valence-electron chi connectivity index (χ4n) is 8.88. The smallest absolute Gasteiger partial charge is 0.0468 e. The van der Waals surface area contributed by atoms with Gasteiger partial charge in [-0.25, -0.2) is 0 Å². The van der Waals surface area contributed by atoms with Crippen LogP contribution in [0.5, 0.6) is 0 Å². The van der Waals surface area contributed by atoms with Gasteiger partial charge in [-0.05, 0) is 128 Å². The van der Waals surface area contributed by atoms with Gasteiger partial charge in [0.2, 0.25) is 0 Å². The van der Waals surface area contributed by atoms with E-state index < -0.39 is 0 Å². The van der Waals surface area contributed by atoms with Gasteiger partial charge in [0.15, 0.2) is 0 Å². The molecule has 0 saturated carbocycles. The van der Waals surface area contributed by atoms with E-state index in [2.05, 4.69) is 254 Å². The van der Waals surface area contributed by atoms with Crippen LogP contribution in [0.1, 0.15) is 25.0 Å². The van der Waals surface area contributed by atoms with Gasteiger partial charge in [0.25, 0.3) is 0 Å². The minimum atomic E-state index is -0.1000. The lowest BCUT2D eigenvalue weighted by Crippen LogP contribution is -2.16. The van der Waals surface area contributed by atoms with E-state index >= 15 is 0 Å². The predicted molar refractivity (Wildman–Crippen MR) is 250 cm³/mol. The fraction of sp³-hybridized carbons (Fsp3) is 0.0526. The summed E-state index contributed by atoms with van der Waals surface area (Å²) < 4.78 is 0. The first kappa shape index (κ1) is 36.0. The van der Waals surface area contributed by atoms with Gasteiger partial charge in [0.05, 0.1) is 0 Å². The van der Waals surface area contributed by atoms with Crippen LogP contribution in [0.25, 0.3) is 44.5 Å². The summed E-state index contributed by atoms with van der Waals surface area (Å²) in [6.07, 6.45) is 0. The molecule has 1 aliphatic carbocycles. The molecule has 10 rings (SSSR count). The SMILES string of the molecule is CC1(C)c2ccccc2-c2ccc(N(c3ccccc3)c3ccc(-c4ccc(N(c5ccccc5)c5ccc(-c6ccccc6)cc5)cc4)c(-c4ccccc4)c3)cc21. The molecule has 0 spiro atoms. The summed E-state index contributed by atoms with van der Waals surface area (Å²) in [5.74, 6) is 0. The summed E-state index contributed by atoms with van der Waals surface area (Å²) in [5, 5.41) is 0. The Morgan fingerprint density at radius 3 is 1.22 bits per heavy atom. The van der Waals surface area contributed by atoms with Gasteiger partial charge < -0.3 is 9.80 Å². The van der Waals surface area contributed by atoms with Gasteiger partial charge in [-0.1, -0.05) is 172 Å². The van der Waals surface area contributed by atoms with Crippen molar-refractivity contribution in [3.8, 4) is 44.5 Å². The molecular weight excluding hydrogens is 713 g/mol. The summed E-state index contributed by atoms with van der Waals surface area (Å²) in [7, 11) is 0. The molecule has 0 atom stereocenters. The molecule has 0 fully saturated rings. The molecule has 0 N–H and O–H groups in total. The molecule has 0 aromatic heterocycles. The van der Waals surface area contributed by atoms with E-state index in [4.69, 9.17) is 0 Å². The van der Waals surface area contributed by atoms with Gasteiger partial charge in [-0.3, -0.25) is 0 Å². The summed E-state index contributed by atoms with van der Waals surface area (Å²) >= 11 is 0. The molecule has 0 unspecified atom stereocenters. The first-order valence-corrected chi connectivity index (χ1v) is 20.4. The first-order valence-electron chi connectivity index (χ1n) is 20.4. The van der Waals surface area contributed by atoms with E-state index in [-0.39, 0.29) is 5.41 Å². The summed E-state index contributed by atoms with van der Waals surface area (Å²) in [5.41, 5.74) is 19.1. The zero-order valence-corrected chi connectivity index (χ0v) is 33.3. The van der Waals surface area contributed by atoms with Crippen molar-refractivity contribution in [2.24, 2.45) is 0 Å². The van der Waals surface area contributed by atoms with E-state index in [1.165, 1.54) is 50.1 Å². The third-order valence-electron chi connectivity index (χ3n) is 11.9. The van der Waals surface area contributed by atoms with Gasteiger partial charge >= 0.3 is 0 Å². The molecule has 1 aliphatic rings. The Balaban J connectivity index is 1.05. The lowest BCUT2D eigenvalue weighted by molar-refractivity contribution is 0.660. The number of hydrogen-bond donors (Lipinski definition) is 0. The van der Waals surface area contributed by atoms with Crippen LogP contribution in [0.2, 0.25) is 0 Å². The number of benzene rings is 9. The van der Waals surface area contributed by atoms with Gasteiger partial charge in [-0.2, -0.15) is 0 Å². The van der Waals surface area contributed by atoms with E-state index in [9.17, 15) is 0 Å². The number of para-hydroxylation sites is 2. The minimum Gasteiger partial charge on any atom is -0.311 e. The third-order valence-corrected chi connectivity index (χ3v) is 11.9.